The van der Waals surface area contributed by atoms with E-state index in [-0.39, 0.29) is 13.2 Å². The Labute approximate surface area is 48.4 Å². The van der Waals surface area contributed by atoms with Gasteiger partial charge in [-0.25, -0.2) is 0 Å². The monoisotopic (exact) mass is 118 g/mol. The molecule has 0 saturated heterocycles. The largest absolute Gasteiger partial charge is 0.394 e. The molecule has 1 atom stereocenters. The summed E-state index contributed by atoms with van der Waals surface area (Å²) in [6.45, 7) is -0.476. The number of hydrogen-bond donors (Lipinski definition) is 2. The minimum Gasteiger partial charge on any atom is -0.394 e. The van der Waals surface area contributed by atoms with Crippen LogP contribution >= 0.6 is 0 Å². The predicted molar refractivity (Wildman–Crippen MR) is 25.9 cm³/mol. The summed E-state index contributed by atoms with van der Waals surface area (Å²) < 4.78 is 0. The van der Waals surface area contributed by atoms with Crippen LogP contribution in [0.25, 0.3) is 0 Å². The molecule has 5 heteroatoms. The molecule has 0 spiro atoms. The van der Waals surface area contributed by atoms with Crippen LogP contribution in [0, 0.1) is 0 Å². The van der Waals surface area contributed by atoms with Gasteiger partial charge in [0.2, 0.25) is 0 Å². The summed E-state index contributed by atoms with van der Waals surface area (Å²) >= 11 is 0. The summed E-state index contributed by atoms with van der Waals surface area (Å²) in [6, 6.07) is 0. The fourth-order valence-corrected chi connectivity index (χ4v) is 0.171. The lowest BCUT2D eigenvalue weighted by atomic mass is 10.4. The molecule has 8 heavy (non-hydrogen) atoms. The highest BCUT2D eigenvalue weighted by atomic mass is 17.2. The highest BCUT2D eigenvalue weighted by Crippen LogP contribution is 1.81. The molecular weight excluding hydrogens is 111 g/mol. The van der Waals surface area contributed by atoms with Gasteiger partial charge in [0.1, 0.15) is 12.7 Å². The van der Waals surface area contributed by atoms with E-state index >= 15 is 0 Å². The van der Waals surface area contributed by atoms with Crippen LogP contribution in [0.2, 0.25) is 0 Å². The average Bonchev–Trinajstić information content (AvgIpc) is 1.83. The molecule has 0 amide bonds. The maximum Gasteiger partial charge on any atom is 0.338 e. The maximum atomic E-state index is 8.48. The zero-order chi connectivity index (χ0) is 6.41. The molecule has 0 saturated carbocycles. The normalized spacial score (nSPS) is 13.8. The van der Waals surface area contributed by atoms with E-state index in [1.165, 1.54) is 0 Å². The zero-order valence-electron chi connectivity index (χ0n) is 4.28. The van der Waals surface area contributed by atoms with Crippen molar-refractivity contribution >= 4 is 8.05 Å². The first-order valence-corrected chi connectivity index (χ1v) is 2.08. The summed E-state index contributed by atoms with van der Waals surface area (Å²) in [5.41, 5.74) is 0. The van der Waals surface area contributed by atoms with Crippen molar-refractivity contribution in [3.8, 4) is 0 Å². The Morgan fingerprint density at radius 3 is 2.62 bits per heavy atom. The Morgan fingerprint density at radius 2 is 2.25 bits per heavy atom. The molecule has 0 fully saturated rings. The molecule has 1 unspecified atom stereocenters. The quantitative estimate of drug-likeness (QED) is 0.264. The smallest absolute Gasteiger partial charge is 0.338 e. The fraction of sp³-hybridized carbons (Fsp3) is 1.00. The molecule has 0 heterocycles. The summed E-state index contributed by atoms with van der Waals surface area (Å²) in [6.07, 6.45) is -0.918. The lowest BCUT2D eigenvalue weighted by molar-refractivity contribution is -0.223. The second kappa shape index (κ2) is 5.05. The van der Waals surface area contributed by atoms with E-state index in [0.717, 1.165) is 0 Å². The van der Waals surface area contributed by atoms with Crippen LogP contribution in [0.15, 0.2) is 0 Å². The highest BCUT2D eigenvalue weighted by Gasteiger charge is 1.99. The van der Waals surface area contributed by atoms with Gasteiger partial charge < -0.3 is 15.0 Å². The molecule has 0 aliphatic rings. The highest BCUT2D eigenvalue weighted by molar-refractivity contribution is 5.97. The number of aliphatic hydroxyl groups is 2. The van der Waals surface area contributed by atoms with Crippen LogP contribution < -0.4 is 0 Å². The van der Waals surface area contributed by atoms with Gasteiger partial charge >= 0.3 is 8.05 Å². The Hall–Kier alpha value is -0.0951. The lowest BCUT2D eigenvalue weighted by Crippen LogP contribution is -2.18. The Bertz CT molecular complexity index is 50.5. The Morgan fingerprint density at radius 1 is 1.62 bits per heavy atom. The molecule has 0 aromatic carbocycles. The molecule has 2 radical (unpaired) electrons. The fourth-order valence-electron chi connectivity index (χ4n) is 0.171. The number of aliphatic hydroxyl groups excluding tert-OH is 2. The van der Waals surface area contributed by atoms with Gasteiger partial charge in [0, 0.05) is 0 Å². The molecular formula is C3H7BO4. The standard InChI is InChI=1S/C3H7BO4/c4-8-7-2-3(6)1-5/h3,5-6H,1-2H2. The topological polar surface area (TPSA) is 58.9 Å². The second-order valence-corrected chi connectivity index (χ2v) is 1.22. The van der Waals surface area contributed by atoms with E-state index in [9.17, 15) is 0 Å². The molecule has 0 bridgehead atoms. The number of rotatable bonds is 4. The van der Waals surface area contributed by atoms with Crippen LogP contribution in [0.4, 0.5) is 0 Å². The van der Waals surface area contributed by atoms with Gasteiger partial charge in [-0.1, -0.05) is 0 Å². The molecule has 0 rings (SSSR count). The van der Waals surface area contributed by atoms with Gasteiger partial charge in [0.15, 0.2) is 0 Å². The Balaban J connectivity index is 2.86. The minimum absolute atomic E-state index is 0.118. The van der Waals surface area contributed by atoms with Gasteiger partial charge in [-0.15, -0.1) is 0 Å². The van der Waals surface area contributed by atoms with E-state index in [1.807, 2.05) is 0 Å². The van der Waals surface area contributed by atoms with E-state index in [4.69, 9.17) is 10.2 Å². The molecule has 0 aromatic rings. The first-order valence-electron chi connectivity index (χ1n) is 2.08. The van der Waals surface area contributed by atoms with E-state index < -0.39 is 6.10 Å². The minimum atomic E-state index is -0.918. The van der Waals surface area contributed by atoms with Gasteiger partial charge in [-0.05, 0) is 0 Å². The van der Waals surface area contributed by atoms with Crippen molar-refractivity contribution in [2.75, 3.05) is 13.2 Å². The molecule has 4 nitrogen and oxygen atoms in total. The lowest BCUT2D eigenvalue weighted by Gasteiger charge is -2.03. The van der Waals surface area contributed by atoms with Gasteiger partial charge in [0.25, 0.3) is 0 Å². The van der Waals surface area contributed by atoms with Crippen LogP contribution in [0.1, 0.15) is 0 Å². The molecule has 0 aliphatic heterocycles. The summed E-state index contributed by atoms with van der Waals surface area (Å²) in [5.74, 6) is 0. The number of hydrogen-bond acceptors (Lipinski definition) is 4. The van der Waals surface area contributed by atoms with E-state index in [0.29, 0.717) is 0 Å². The second-order valence-electron chi connectivity index (χ2n) is 1.22. The summed E-state index contributed by atoms with van der Waals surface area (Å²) in [5, 5.41) is 16.6. The van der Waals surface area contributed by atoms with E-state index in [1.54, 1.807) is 0 Å². The summed E-state index contributed by atoms with van der Waals surface area (Å²) in [7, 11) is 4.42. The van der Waals surface area contributed by atoms with Crippen molar-refractivity contribution in [3.63, 3.8) is 0 Å². The zero-order valence-corrected chi connectivity index (χ0v) is 4.28. The first-order chi connectivity index (χ1) is 3.81. The van der Waals surface area contributed by atoms with Crippen molar-refractivity contribution in [1.29, 1.82) is 0 Å². The molecule has 0 aliphatic carbocycles. The van der Waals surface area contributed by atoms with Crippen molar-refractivity contribution in [1.82, 2.24) is 0 Å². The van der Waals surface area contributed by atoms with E-state index in [2.05, 4.69) is 17.7 Å². The van der Waals surface area contributed by atoms with Crippen LogP contribution in [-0.4, -0.2) is 37.6 Å². The van der Waals surface area contributed by atoms with Crippen LogP contribution in [-0.2, 0) is 9.69 Å². The first kappa shape index (κ1) is 7.90. The summed E-state index contributed by atoms with van der Waals surface area (Å²) in [4.78, 5) is 7.70. The van der Waals surface area contributed by atoms with Crippen LogP contribution in [0.5, 0.6) is 0 Å². The third-order valence-corrected chi connectivity index (χ3v) is 0.539. The predicted octanol–water partition coefficient (Wildman–Crippen LogP) is -1.63. The van der Waals surface area contributed by atoms with Gasteiger partial charge in [-0.2, -0.15) is 0 Å². The SMILES string of the molecule is [B]OOCC(O)CO. The van der Waals surface area contributed by atoms with Crippen LogP contribution in [0.3, 0.4) is 0 Å². The molecule has 46 valence electrons. The molecule has 2 N–H and O–H groups in total. The van der Waals surface area contributed by atoms with Crippen molar-refractivity contribution in [3.05, 3.63) is 0 Å². The average molecular weight is 118 g/mol. The molecule has 0 aromatic heterocycles. The van der Waals surface area contributed by atoms with Crippen molar-refractivity contribution in [2.45, 2.75) is 6.10 Å². The maximum absolute atomic E-state index is 8.48. The third kappa shape index (κ3) is 4.07. The van der Waals surface area contributed by atoms with Crippen molar-refractivity contribution < 1.29 is 19.9 Å². The van der Waals surface area contributed by atoms with Crippen molar-refractivity contribution in [2.24, 2.45) is 0 Å². The van der Waals surface area contributed by atoms with Gasteiger partial charge in [-0.3, -0.25) is 4.89 Å². The van der Waals surface area contributed by atoms with Gasteiger partial charge in [0.05, 0.1) is 6.61 Å². The Kier molecular flexibility index (Phi) is 4.99. The third-order valence-electron chi connectivity index (χ3n) is 0.539.